The lowest BCUT2D eigenvalue weighted by Crippen LogP contribution is -2.30. The standard InChI is InChI=1S/C16H16BrFN2O/c1-11(12-2-6-14(18)7-3-12)19-10-16(21)20-15-8-4-13(17)5-9-15/h2-9,11,19H,10H2,1H3,(H,20,21). The van der Waals surface area contributed by atoms with Crippen LogP contribution in [0.2, 0.25) is 0 Å². The van der Waals surface area contributed by atoms with Crippen molar-refractivity contribution < 1.29 is 9.18 Å². The van der Waals surface area contributed by atoms with Gasteiger partial charge in [-0.2, -0.15) is 0 Å². The van der Waals surface area contributed by atoms with E-state index < -0.39 is 0 Å². The first kappa shape index (κ1) is 15.7. The number of amides is 1. The highest BCUT2D eigenvalue weighted by Gasteiger charge is 2.08. The summed E-state index contributed by atoms with van der Waals surface area (Å²) in [5, 5.41) is 5.91. The molecule has 0 spiro atoms. The molecule has 0 aromatic heterocycles. The third kappa shape index (κ3) is 4.95. The van der Waals surface area contributed by atoms with Crippen LogP contribution in [0.3, 0.4) is 0 Å². The van der Waals surface area contributed by atoms with E-state index in [1.54, 1.807) is 12.1 Å². The summed E-state index contributed by atoms with van der Waals surface area (Å²) >= 11 is 3.34. The average molecular weight is 351 g/mol. The molecule has 0 radical (unpaired) electrons. The van der Waals surface area contributed by atoms with E-state index in [9.17, 15) is 9.18 Å². The quantitative estimate of drug-likeness (QED) is 0.859. The van der Waals surface area contributed by atoms with Crippen molar-refractivity contribution in [1.82, 2.24) is 5.32 Å². The summed E-state index contributed by atoms with van der Waals surface area (Å²) in [6, 6.07) is 13.6. The van der Waals surface area contributed by atoms with Gasteiger partial charge in [0.15, 0.2) is 0 Å². The van der Waals surface area contributed by atoms with Crippen LogP contribution in [0, 0.1) is 5.82 Å². The van der Waals surface area contributed by atoms with Gasteiger partial charge in [0.1, 0.15) is 5.82 Å². The van der Waals surface area contributed by atoms with Crippen molar-refractivity contribution in [2.75, 3.05) is 11.9 Å². The van der Waals surface area contributed by atoms with E-state index in [1.807, 2.05) is 31.2 Å². The van der Waals surface area contributed by atoms with Gasteiger partial charge in [0.25, 0.3) is 0 Å². The minimum atomic E-state index is -0.265. The molecule has 2 aromatic carbocycles. The monoisotopic (exact) mass is 350 g/mol. The predicted molar refractivity (Wildman–Crippen MR) is 85.6 cm³/mol. The lowest BCUT2D eigenvalue weighted by atomic mass is 10.1. The van der Waals surface area contributed by atoms with Crippen molar-refractivity contribution >= 4 is 27.5 Å². The van der Waals surface area contributed by atoms with Crippen molar-refractivity contribution in [1.29, 1.82) is 0 Å². The van der Waals surface area contributed by atoms with Gasteiger partial charge in [0, 0.05) is 16.2 Å². The van der Waals surface area contributed by atoms with Gasteiger partial charge in [-0.3, -0.25) is 4.79 Å². The van der Waals surface area contributed by atoms with Crippen LogP contribution in [0.4, 0.5) is 10.1 Å². The Hall–Kier alpha value is -1.72. The topological polar surface area (TPSA) is 41.1 Å². The summed E-state index contributed by atoms with van der Waals surface area (Å²) < 4.78 is 13.8. The Kier molecular flexibility index (Phi) is 5.47. The second-order valence-electron chi connectivity index (χ2n) is 4.71. The lowest BCUT2D eigenvalue weighted by molar-refractivity contribution is -0.115. The fourth-order valence-electron chi connectivity index (χ4n) is 1.85. The molecule has 0 aliphatic rings. The molecule has 1 atom stereocenters. The minimum Gasteiger partial charge on any atom is -0.325 e. The van der Waals surface area contributed by atoms with Gasteiger partial charge in [-0.1, -0.05) is 28.1 Å². The SMILES string of the molecule is CC(NCC(=O)Nc1ccc(Br)cc1)c1ccc(F)cc1. The predicted octanol–water partition coefficient (Wildman–Crippen LogP) is 3.88. The molecule has 0 aliphatic heterocycles. The van der Waals surface area contributed by atoms with E-state index in [2.05, 4.69) is 26.6 Å². The molecule has 0 bridgehead atoms. The molecule has 2 aromatic rings. The fraction of sp³-hybridized carbons (Fsp3) is 0.188. The minimum absolute atomic E-state index is 0.0266. The molecule has 0 saturated carbocycles. The van der Waals surface area contributed by atoms with Crippen LogP contribution in [0.15, 0.2) is 53.0 Å². The van der Waals surface area contributed by atoms with Gasteiger partial charge in [-0.25, -0.2) is 4.39 Å². The molecule has 110 valence electrons. The number of carbonyl (C=O) groups excluding carboxylic acids is 1. The Labute approximate surface area is 131 Å². The molecule has 0 saturated heterocycles. The third-order valence-corrected chi connectivity index (χ3v) is 3.60. The zero-order valence-corrected chi connectivity index (χ0v) is 13.2. The summed E-state index contributed by atoms with van der Waals surface area (Å²) in [5.41, 5.74) is 1.69. The highest BCUT2D eigenvalue weighted by atomic mass is 79.9. The number of halogens is 2. The van der Waals surface area contributed by atoms with E-state index in [-0.39, 0.29) is 24.3 Å². The van der Waals surface area contributed by atoms with Crippen LogP contribution < -0.4 is 10.6 Å². The van der Waals surface area contributed by atoms with Crippen molar-refractivity contribution in [2.45, 2.75) is 13.0 Å². The van der Waals surface area contributed by atoms with Crippen molar-refractivity contribution in [3.63, 3.8) is 0 Å². The highest BCUT2D eigenvalue weighted by Crippen LogP contribution is 2.14. The van der Waals surface area contributed by atoms with Gasteiger partial charge in [-0.05, 0) is 48.9 Å². The number of benzene rings is 2. The first-order valence-electron chi connectivity index (χ1n) is 6.59. The molecule has 1 unspecified atom stereocenters. The second kappa shape index (κ2) is 7.33. The van der Waals surface area contributed by atoms with E-state index >= 15 is 0 Å². The summed E-state index contributed by atoms with van der Waals surface area (Å²) in [6.07, 6.45) is 0. The zero-order chi connectivity index (χ0) is 15.2. The second-order valence-corrected chi connectivity index (χ2v) is 5.62. The van der Waals surface area contributed by atoms with Gasteiger partial charge in [0.05, 0.1) is 6.54 Å². The molecule has 21 heavy (non-hydrogen) atoms. The van der Waals surface area contributed by atoms with E-state index in [0.717, 1.165) is 15.7 Å². The Morgan fingerprint density at radius 2 is 1.76 bits per heavy atom. The van der Waals surface area contributed by atoms with E-state index in [1.165, 1.54) is 12.1 Å². The molecular weight excluding hydrogens is 335 g/mol. The number of hydrogen-bond donors (Lipinski definition) is 2. The number of carbonyl (C=O) groups is 1. The van der Waals surface area contributed by atoms with Gasteiger partial charge in [-0.15, -0.1) is 0 Å². The van der Waals surface area contributed by atoms with Crippen LogP contribution in [-0.2, 0) is 4.79 Å². The Morgan fingerprint density at radius 1 is 1.14 bits per heavy atom. The molecule has 2 N–H and O–H groups in total. The Balaban J connectivity index is 1.83. The zero-order valence-electron chi connectivity index (χ0n) is 11.6. The molecule has 0 heterocycles. The smallest absolute Gasteiger partial charge is 0.238 e. The maximum absolute atomic E-state index is 12.8. The van der Waals surface area contributed by atoms with Crippen LogP contribution in [-0.4, -0.2) is 12.5 Å². The number of nitrogens with one attached hydrogen (secondary N) is 2. The van der Waals surface area contributed by atoms with Crippen LogP contribution >= 0.6 is 15.9 Å². The number of anilines is 1. The Morgan fingerprint density at radius 3 is 2.38 bits per heavy atom. The summed E-state index contributed by atoms with van der Waals surface area (Å²) in [6.45, 7) is 2.12. The molecule has 2 rings (SSSR count). The summed E-state index contributed by atoms with van der Waals surface area (Å²) in [5.74, 6) is -0.384. The normalized spacial score (nSPS) is 12.0. The molecule has 0 fully saturated rings. The molecule has 3 nitrogen and oxygen atoms in total. The molecule has 1 amide bonds. The van der Waals surface area contributed by atoms with Crippen molar-refractivity contribution in [3.8, 4) is 0 Å². The number of rotatable bonds is 5. The molecular formula is C16H16BrFN2O. The van der Waals surface area contributed by atoms with E-state index in [0.29, 0.717) is 0 Å². The van der Waals surface area contributed by atoms with Crippen molar-refractivity contribution in [3.05, 3.63) is 64.4 Å². The summed E-state index contributed by atoms with van der Waals surface area (Å²) in [4.78, 5) is 11.8. The summed E-state index contributed by atoms with van der Waals surface area (Å²) in [7, 11) is 0. The molecule has 0 aliphatic carbocycles. The van der Waals surface area contributed by atoms with Crippen LogP contribution in [0.25, 0.3) is 0 Å². The lowest BCUT2D eigenvalue weighted by Gasteiger charge is -2.14. The number of hydrogen-bond acceptors (Lipinski definition) is 2. The van der Waals surface area contributed by atoms with Crippen LogP contribution in [0.1, 0.15) is 18.5 Å². The van der Waals surface area contributed by atoms with Crippen LogP contribution in [0.5, 0.6) is 0 Å². The third-order valence-electron chi connectivity index (χ3n) is 3.07. The highest BCUT2D eigenvalue weighted by molar-refractivity contribution is 9.10. The Bertz CT molecular complexity index is 599. The van der Waals surface area contributed by atoms with E-state index in [4.69, 9.17) is 0 Å². The van der Waals surface area contributed by atoms with Gasteiger partial charge < -0.3 is 10.6 Å². The fourth-order valence-corrected chi connectivity index (χ4v) is 2.12. The first-order valence-corrected chi connectivity index (χ1v) is 7.38. The van der Waals surface area contributed by atoms with Gasteiger partial charge >= 0.3 is 0 Å². The molecule has 5 heteroatoms. The van der Waals surface area contributed by atoms with Crippen molar-refractivity contribution in [2.24, 2.45) is 0 Å². The maximum atomic E-state index is 12.8. The largest absolute Gasteiger partial charge is 0.325 e. The van der Waals surface area contributed by atoms with Gasteiger partial charge in [0.2, 0.25) is 5.91 Å². The first-order chi connectivity index (χ1) is 10.0. The maximum Gasteiger partial charge on any atom is 0.238 e. The average Bonchev–Trinajstić information content (AvgIpc) is 2.48.